The summed E-state index contributed by atoms with van der Waals surface area (Å²) in [6.45, 7) is 3.15. The minimum atomic E-state index is -5.08. The number of likely N-dealkylation sites (tertiary alicyclic amines) is 1. The summed E-state index contributed by atoms with van der Waals surface area (Å²) in [6, 6.07) is 0. The molecule has 3 heterocycles. The van der Waals surface area contributed by atoms with Crippen LogP contribution in [0.5, 0.6) is 0 Å². The number of nitrogens with one attached hydrogen (secondary N) is 1. The fraction of sp³-hybridized carbons (Fsp3) is 0.667. The van der Waals surface area contributed by atoms with Crippen molar-refractivity contribution in [3.8, 4) is 0 Å². The Labute approximate surface area is 147 Å². The molecule has 2 aliphatic heterocycles. The van der Waals surface area contributed by atoms with Crippen molar-refractivity contribution < 1.29 is 27.9 Å². The second-order valence-corrected chi connectivity index (χ2v) is 7.17. The Bertz CT molecular complexity index is 595. The fourth-order valence-corrected chi connectivity index (χ4v) is 3.74. The number of carboxylic acids is 1. The Kier molecular flexibility index (Phi) is 6.39. The average molecular weight is 379 g/mol. The molecular weight excluding hydrogens is 359 g/mol. The first-order valence-electron chi connectivity index (χ1n) is 7.92. The van der Waals surface area contributed by atoms with Gasteiger partial charge in [0.05, 0.1) is 6.54 Å². The normalized spacial score (nSPS) is 24.4. The predicted molar refractivity (Wildman–Crippen MR) is 85.0 cm³/mol. The van der Waals surface area contributed by atoms with E-state index in [1.807, 2.05) is 11.6 Å². The summed E-state index contributed by atoms with van der Waals surface area (Å²) in [5.41, 5.74) is 0.106. The Balaban J connectivity index is 0.000000277. The highest BCUT2D eigenvalue weighted by molar-refractivity contribution is 7.09. The van der Waals surface area contributed by atoms with Crippen molar-refractivity contribution in [2.24, 2.45) is 0 Å². The molecule has 2 aliphatic rings. The number of rotatable bonds is 2. The quantitative estimate of drug-likeness (QED) is 0.825. The molecule has 0 aromatic carbocycles. The maximum Gasteiger partial charge on any atom is 0.490 e. The summed E-state index contributed by atoms with van der Waals surface area (Å²) >= 11 is 1.72. The zero-order chi connectivity index (χ0) is 18.5. The van der Waals surface area contributed by atoms with Crippen molar-refractivity contribution in [3.05, 3.63) is 16.6 Å². The van der Waals surface area contributed by atoms with Crippen LogP contribution in [-0.2, 0) is 16.1 Å². The van der Waals surface area contributed by atoms with E-state index in [0.29, 0.717) is 6.42 Å². The summed E-state index contributed by atoms with van der Waals surface area (Å²) in [6.07, 6.45) is 1.92. The van der Waals surface area contributed by atoms with Crippen LogP contribution in [0.25, 0.3) is 0 Å². The van der Waals surface area contributed by atoms with E-state index in [9.17, 15) is 18.0 Å². The van der Waals surface area contributed by atoms with Gasteiger partial charge in [-0.15, -0.1) is 11.3 Å². The third kappa shape index (κ3) is 5.96. The van der Waals surface area contributed by atoms with Crippen LogP contribution in [0.15, 0.2) is 11.6 Å². The van der Waals surface area contributed by atoms with Crippen LogP contribution in [0.3, 0.4) is 0 Å². The number of alkyl halides is 3. The first kappa shape index (κ1) is 19.6. The summed E-state index contributed by atoms with van der Waals surface area (Å²) in [5.74, 6) is -2.52. The van der Waals surface area contributed by atoms with Gasteiger partial charge in [-0.05, 0) is 32.2 Å². The molecule has 0 bridgehead atoms. The molecule has 6 nitrogen and oxygen atoms in total. The predicted octanol–water partition coefficient (Wildman–Crippen LogP) is 2.41. The second-order valence-electron chi connectivity index (χ2n) is 6.19. The van der Waals surface area contributed by atoms with E-state index >= 15 is 0 Å². The number of halogens is 3. The molecule has 0 saturated carbocycles. The van der Waals surface area contributed by atoms with E-state index in [0.717, 1.165) is 38.9 Å². The first-order chi connectivity index (χ1) is 11.7. The topological polar surface area (TPSA) is 82.5 Å². The van der Waals surface area contributed by atoms with Crippen LogP contribution in [0.4, 0.5) is 13.2 Å². The third-order valence-corrected chi connectivity index (χ3v) is 5.12. The number of aromatic nitrogens is 1. The molecule has 10 heteroatoms. The van der Waals surface area contributed by atoms with E-state index in [4.69, 9.17) is 9.90 Å². The number of hydrogen-bond donors (Lipinski definition) is 2. The van der Waals surface area contributed by atoms with E-state index < -0.39 is 12.1 Å². The van der Waals surface area contributed by atoms with Crippen molar-refractivity contribution >= 4 is 23.2 Å². The minimum Gasteiger partial charge on any atom is -0.475 e. The lowest BCUT2D eigenvalue weighted by Crippen LogP contribution is -2.42. The lowest BCUT2D eigenvalue weighted by molar-refractivity contribution is -0.192. The highest BCUT2D eigenvalue weighted by atomic mass is 32.1. The lowest BCUT2D eigenvalue weighted by atomic mass is 9.89. The van der Waals surface area contributed by atoms with Crippen molar-refractivity contribution in [1.29, 1.82) is 0 Å². The largest absolute Gasteiger partial charge is 0.490 e. The summed E-state index contributed by atoms with van der Waals surface area (Å²) in [5, 5.41) is 13.6. The number of thiazole rings is 1. The molecule has 0 radical (unpaired) electrons. The van der Waals surface area contributed by atoms with Crippen molar-refractivity contribution in [1.82, 2.24) is 15.2 Å². The maximum absolute atomic E-state index is 11.4. The van der Waals surface area contributed by atoms with Crippen LogP contribution in [0.2, 0.25) is 0 Å². The molecule has 1 unspecified atom stereocenters. The SMILES string of the molecule is O=C(O)C(F)(F)F.O=C1CCC2(CCCN(Cc3nccs3)CC2)N1. The molecule has 0 aliphatic carbocycles. The number of carbonyl (C=O) groups excluding carboxylic acids is 1. The standard InChI is InChI=1S/C13H19N3OS.C2HF3O2/c17-11-2-4-13(15-11)3-1-7-16(8-5-13)10-12-14-6-9-18-12;3-2(4,5)1(6)7/h6,9H,1-5,7-8,10H2,(H,15,17);(H,6,7). The van der Waals surface area contributed by atoms with Gasteiger partial charge in [-0.2, -0.15) is 13.2 Å². The van der Waals surface area contributed by atoms with Gasteiger partial charge >= 0.3 is 12.1 Å². The Hall–Kier alpha value is -1.68. The molecule has 3 rings (SSSR count). The molecule has 1 spiro atoms. The van der Waals surface area contributed by atoms with Gasteiger partial charge in [-0.3, -0.25) is 9.69 Å². The highest BCUT2D eigenvalue weighted by Gasteiger charge is 2.39. The number of carbonyl (C=O) groups is 2. The number of amides is 1. The third-order valence-electron chi connectivity index (χ3n) is 4.36. The zero-order valence-corrected chi connectivity index (χ0v) is 14.3. The van der Waals surface area contributed by atoms with E-state index in [-0.39, 0.29) is 11.4 Å². The summed E-state index contributed by atoms with van der Waals surface area (Å²) < 4.78 is 31.7. The average Bonchev–Trinajstić information content (AvgIpc) is 3.10. The minimum absolute atomic E-state index is 0.106. The van der Waals surface area contributed by atoms with Gasteiger partial charge in [0.15, 0.2) is 0 Å². The summed E-state index contributed by atoms with van der Waals surface area (Å²) in [7, 11) is 0. The van der Waals surface area contributed by atoms with Crippen molar-refractivity contribution in [2.75, 3.05) is 13.1 Å². The molecule has 2 N–H and O–H groups in total. The zero-order valence-electron chi connectivity index (χ0n) is 13.5. The van der Waals surface area contributed by atoms with E-state index in [1.54, 1.807) is 11.3 Å². The van der Waals surface area contributed by atoms with Gasteiger partial charge in [0, 0.05) is 30.1 Å². The van der Waals surface area contributed by atoms with Gasteiger partial charge in [0.1, 0.15) is 5.01 Å². The molecule has 1 atom stereocenters. The number of carboxylic acid groups (broad SMARTS) is 1. The van der Waals surface area contributed by atoms with Gasteiger partial charge in [0.25, 0.3) is 0 Å². The summed E-state index contributed by atoms with van der Waals surface area (Å²) in [4.78, 5) is 27.1. The molecule has 2 saturated heterocycles. The van der Waals surface area contributed by atoms with Crippen molar-refractivity contribution in [2.45, 2.75) is 50.4 Å². The number of aliphatic carboxylic acids is 1. The van der Waals surface area contributed by atoms with Crippen LogP contribution in [-0.4, -0.2) is 51.7 Å². The number of hydrogen-bond acceptors (Lipinski definition) is 5. The van der Waals surface area contributed by atoms with Crippen LogP contribution in [0.1, 0.15) is 37.1 Å². The van der Waals surface area contributed by atoms with Gasteiger partial charge < -0.3 is 10.4 Å². The smallest absolute Gasteiger partial charge is 0.475 e. The maximum atomic E-state index is 11.4. The molecule has 25 heavy (non-hydrogen) atoms. The van der Waals surface area contributed by atoms with E-state index in [2.05, 4.69) is 15.2 Å². The van der Waals surface area contributed by atoms with Gasteiger partial charge in [-0.1, -0.05) is 0 Å². The molecular formula is C15H20F3N3O3S. The highest BCUT2D eigenvalue weighted by Crippen LogP contribution is 2.31. The molecule has 2 fully saturated rings. The monoisotopic (exact) mass is 379 g/mol. The molecule has 1 aromatic heterocycles. The van der Waals surface area contributed by atoms with Crippen LogP contribution >= 0.6 is 11.3 Å². The second kappa shape index (κ2) is 8.13. The fourth-order valence-electron chi connectivity index (χ4n) is 3.08. The van der Waals surface area contributed by atoms with Crippen LogP contribution < -0.4 is 5.32 Å². The first-order valence-corrected chi connectivity index (χ1v) is 8.80. The number of nitrogens with zero attached hydrogens (tertiary/aromatic N) is 2. The Morgan fingerprint density at radius 2 is 2.08 bits per heavy atom. The van der Waals surface area contributed by atoms with Gasteiger partial charge in [-0.25, -0.2) is 9.78 Å². The molecule has 140 valence electrons. The van der Waals surface area contributed by atoms with Crippen molar-refractivity contribution in [3.63, 3.8) is 0 Å². The molecule has 1 amide bonds. The Morgan fingerprint density at radius 1 is 1.36 bits per heavy atom. The molecule has 1 aromatic rings. The lowest BCUT2D eigenvalue weighted by Gasteiger charge is -2.27. The van der Waals surface area contributed by atoms with Gasteiger partial charge in [0.2, 0.25) is 5.91 Å². The van der Waals surface area contributed by atoms with E-state index in [1.165, 1.54) is 11.4 Å². The Morgan fingerprint density at radius 3 is 2.60 bits per heavy atom. The van der Waals surface area contributed by atoms with Crippen LogP contribution in [0, 0.1) is 0 Å².